The minimum absolute atomic E-state index is 0.276. The van der Waals surface area contributed by atoms with Gasteiger partial charge in [0.05, 0.1) is 16.8 Å². The molecule has 18 heavy (non-hydrogen) atoms. The lowest BCUT2D eigenvalue weighted by molar-refractivity contribution is 0.0523. The third-order valence-electron chi connectivity index (χ3n) is 2.58. The number of hydrogen-bond donors (Lipinski definition) is 0. The third-order valence-corrected chi connectivity index (χ3v) is 3.71. The molecule has 0 fully saturated rings. The summed E-state index contributed by atoms with van der Waals surface area (Å²) in [4.78, 5) is 16.4. The van der Waals surface area contributed by atoms with E-state index in [1.165, 1.54) is 23.5 Å². The summed E-state index contributed by atoms with van der Waals surface area (Å²) in [6.45, 7) is 2.04. The largest absolute Gasteiger partial charge is 0.461 e. The summed E-state index contributed by atoms with van der Waals surface area (Å²) in [7, 11) is 0. The van der Waals surface area contributed by atoms with Crippen molar-refractivity contribution in [1.82, 2.24) is 9.38 Å². The van der Waals surface area contributed by atoms with Gasteiger partial charge >= 0.3 is 5.97 Å². The zero-order valence-corrected chi connectivity index (χ0v) is 10.3. The fourth-order valence-corrected chi connectivity index (χ4v) is 2.95. The van der Waals surface area contributed by atoms with E-state index in [2.05, 4.69) is 4.98 Å². The first kappa shape index (κ1) is 11.2. The molecule has 3 aromatic rings. The second kappa shape index (κ2) is 4.06. The van der Waals surface area contributed by atoms with E-state index in [0.29, 0.717) is 11.4 Å². The molecule has 92 valence electrons. The number of benzene rings is 1. The van der Waals surface area contributed by atoms with Crippen LogP contribution in [0.15, 0.2) is 24.5 Å². The van der Waals surface area contributed by atoms with E-state index in [4.69, 9.17) is 4.74 Å². The number of esters is 1. The Bertz CT molecular complexity index is 747. The van der Waals surface area contributed by atoms with Crippen LogP contribution in [0.25, 0.3) is 15.0 Å². The number of imidazole rings is 1. The van der Waals surface area contributed by atoms with Gasteiger partial charge in [0.2, 0.25) is 0 Å². The van der Waals surface area contributed by atoms with Crippen molar-refractivity contribution < 1.29 is 13.9 Å². The Morgan fingerprint density at radius 2 is 2.39 bits per heavy atom. The number of nitrogens with zero attached hydrogens (tertiary/aromatic N) is 2. The number of carbonyl (C=O) groups excluding carboxylic acids is 1. The van der Waals surface area contributed by atoms with Gasteiger partial charge in [0.1, 0.15) is 17.0 Å². The molecule has 0 N–H and O–H groups in total. The van der Waals surface area contributed by atoms with Gasteiger partial charge in [-0.1, -0.05) is 0 Å². The molecule has 3 rings (SSSR count). The van der Waals surface area contributed by atoms with Crippen molar-refractivity contribution in [3.63, 3.8) is 0 Å². The minimum Gasteiger partial charge on any atom is -0.461 e. The Morgan fingerprint density at radius 1 is 1.56 bits per heavy atom. The van der Waals surface area contributed by atoms with Crippen molar-refractivity contribution in [2.75, 3.05) is 6.61 Å². The van der Waals surface area contributed by atoms with Gasteiger partial charge in [-0.15, -0.1) is 11.3 Å². The number of aromatic nitrogens is 2. The van der Waals surface area contributed by atoms with Crippen molar-refractivity contribution in [2.45, 2.75) is 6.92 Å². The maximum atomic E-state index is 13.1. The highest BCUT2D eigenvalue weighted by molar-refractivity contribution is 7.24. The Morgan fingerprint density at radius 3 is 3.17 bits per heavy atom. The molecule has 0 saturated carbocycles. The standard InChI is InChI=1S/C12H9FN2O2S/c1-2-17-12(16)10-11-15(6-14-10)8-4-3-7(13)5-9(8)18-11/h3-6H,2H2,1H3. The average molecular weight is 264 g/mol. The number of hydrogen-bond acceptors (Lipinski definition) is 4. The molecule has 0 aliphatic rings. The number of rotatable bonds is 2. The van der Waals surface area contributed by atoms with Gasteiger partial charge in [0.15, 0.2) is 5.69 Å². The predicted molar refractivity (Wildman–Crippen MR) is 66.5 cm³/mol. The zero-order chi connectivity index (χ0) is 12.7. The van der Waals surface area contributed by atoms with Crippen LogP contribution in [0.3, 0.4) is 0 Å². The van der Waals surface area contributed by atoms with Crippen LogP contribution >= 0.6 is 11.3 Å². The first-order valence-corrected chi connectivity index (χ1v) is 6.24. The van der Waals surface area contributed by atoms with Crippen LogP contribution in [0.4, 0.5) is 4.39 Å². The first-order chi connectivity index (χ1) is 8.70. The van der Waals surface area contributed by atoms with Crippen molar-refractivity contribution in [3.8, 4) is 0 Å². The van der Waals surface area contributed by atoms with Gasteiger partial charge in [0.25, 0.3) is 0 Å². The summed E-state index contributed by atoms with van der Waals surface area (Å²) in [5.41, 5.74) is 1.11. The normalized spacial score (nSPS) is 11.2. The van der Waals surface area contributed by atoms with E-state index in [1.807, 2.05) is 0 Å². The maximum Gasteiger partial charge on any atom is 0.360 e. The van der Waals surface area contributed by atoms with Gasteiger partial charge in [-0.25, -0.2) is 14.2 Å². The Labute approximate surface area is 106 Å². The quantitative estimate of drug-likeness (QED) is 0.668. The van der Waals surface area contributed by atoms with Crippen LogP contribution in [0.1, 0.15) is 17.4 Å². The molecule has 0 unspecified atom stereocenters. The van der Waals surface area contributed by atoms with E-state index in [0.717, 1.165) is 10.2 Å². The van der Waals surface area contributed by atoms with Crippen LogP contribution in [0, 0.1) is 5.82 Å². The zero-order valence-electron chi connectivity index (χ0n) is 9.51. The highest BCUT2D eigenvalue weighted by Gasteiger charge is 2.18. The van der Waals surface area contributed by atoms with E-state index in [1.54, 1.807) is 23.7 Å². The minimum atomic E-state index is -0.452. The molecule has 0 bridgehead atoms. The molecule has 1 aromatic carbocycles. The maximum absolute atomic E-state index is 13.1. The topological polar surface area (TPSA) is 43.6 Å². The monoisotopic (exact) mass is 264 g/mol. The van der Waals surface area contributed by atoms with Gasteiger partial charge in [-0.2, -0.15) is 0 Å². The van der Waals surface area contributed by atoms with Crippen molar-refractivity contribution in [1.29, 1.82) is 0 Å². The van der Waals surface area contributed by atoms with Crippen molar-refractivity contribution in [2.24, 2.45) is 0 Å². The molecule has 0 radical (unpaired) electrons. The highest BCUT2D eigenvalue weighted by Crippen LogP contribution is 2.29. The molecule has 4 nitrogen and oxygen atoms in total. The number of carbonyl (C=O) groups is 1. The summed E-state index contributed by atoms with van der Waals surface area (Å²) in [5.74, 6) is -0.746. The number of thiazole rings is 1. The Kier molecular flexibility index (Phi) is 2.52. The Hall–Kier alpha value is -1.95. The lowest BCUT2D eigenvalue weighted by Gasteiger charge is -1.96. The van der Waals surface area contributed by atoms with E-state index < -0.39 is 5.97 Å². The number of fused-ring (bicyclic) bond motifs is 3. The molecule has 6 heteroatoms. The van der Waals surface area contributed by atoms with Crippen LogP contribution in [-0.2, 0) is 4.74 Å². The van der Waals surface area contributed by atoms with Gasteiger partial charge in [0, 0.05) is 0 Å². The van der Waals surface area contributed by atoms with Crippen LogP contribution in [-0.4, -0.2) is 22.0 Å². The second-order valence-corrected chi connectivity index (χ2v) is 4.73. The summed E-state index contributed by atoms with van der Waals surface area (Å²) < 4.78 is 20.6. The summed E-state index contributed by atoms with van der Waals surface area (Å²) in [5, 5.41) is 0. The average Bonchev–Trinajstić information content (AvgIpc) is 2.86. The second-order valence-electron chi connectivity index (χ2n) is 3.70. The molecule has 0 aliphatic heterocycles. The lowest BCUT2D eigenvalue weighted by atomic mass is 10.3. The summed E-state index contributed by atoms with van der Waals surface area (Å²) >= 11 is 1.32. The van der Waals surface area contributed by atoms with Crippen LogP contribution in [0.5, 0.6) is 0 Å². The number of halogens is 1. The molecule has 0 atom stereocenters. The highest BCUT2D eigenvalue weighted by atomic mass is 32.1. The molecule has 0 saturated heterocycles. The van der Waals surface area contributed by atoms with Crippen molar-refractivity contribution in [3.05, 3.63) is 36.0 Å². The van der Waals surface area contributed by atoms with Gasteiger partial charge in [-0.05, 0) is 25.1 Å². The van der Waals surface area contributed by atoms with Crippen LogP contribution in [0.2, 0.25) is 0 Å². The molecular formula is C12H9FN2O2S. The molecule has 2 heterocycles. The molecule has 0 amide bonds. The molecular weight excluding hydrogens is 255 g/mol. The van der Waals surface area contributed by atoms with Crippen LogP contribution < -0.4 is 0 Å². The first-order valence-electron chi connectivity index (χ1n) is 5.43. The third kappa shape index (κ3) is 1.57. The van der Waals surface area contributed by atoms with E-state index in [9.17, 15) is 9.18 Å². The summed E-state index contributed by atoms with van der Waals surface area (Å²) in [6.07, 6.45) is 1.55. The number of ether oxygens (including phenoxy) is 1. The SMILES string of the molecule is CCOC(=O)c1ncn2c1sc1cc(F)ccc12. The summed E-state index contributed by atoms with van der Waals surface area (Å²) in [6, 6.07) is 4.51. The molecule has 0 aliphatic carbocycles. The fraction of sp³-hybridized carbons (Fsp3) is 0.167. The van der Waals surface area contributed by atoms with Gasteiger partial charge < -0.3 is 4.74 Å². The molecule has 0 spiro atoms. The van der Waals surface area contributed by atoms with E-state index >= 15 is 0 Å². The van der Waals surface area contributed by atoms with Gasteiger partial charge in [-0.3, -0.25) is 4.40 Å². The predicted octanol–water partition coefficient (Wildman–Crippen LogP) is 2.86. The van der Waals surface area contributed by atoms with Crippen molar-refractivity contribution >= 4 is 32.4 Å². The Balaban J connectivity index is 2.24. The smallest absolute Gasteiger partial charge is 0.360 e. The van der Waals surface area contributed by atoms with E-state index in [-0.39, 0.29) is 11.5 Å². The molecule has 2 aromatic heterocycles. The lowest BCUT2D eigenvalue weighted by Crippen LogP contribution is -2.04. The fourth-order valence-electron chi connectivity index (χ4n) is 1.82.